The predicted octanol–water partition coefficient (Wildman–Crippen LogP) is 5.42. The summed E-state index contributed by atoms with van der Waals surface area (Å²) in [5.74, 6) is -1.48. The highest BCUT2D eigenvalue weighted by molar-refractivity contribution is 5.95. The Hall–Kier alpha value is -3.15. The highest BCUT2D eigenvalue weighted by atomic mass is 19.4. The van der Waals surface area contributed by atoms with E-state index in [4.69, 9.17) is 0 Å². The van der Waals surface area contributed by atoms with E-state index in [9.17, 15) is 40.3 Å². The van der Waals surface area contributed by atoms with Crippen LogP contribution in [0.15, 0.2) is 42.5 Å². The van der Waals surface area contributed by atoms with Gasteiger partial charge in [-0.25, -0.2) is 4.39 Å². The number of amides is 2. The van der Waals surface area contributed by atoms with Gasteiger partial charge in [0, 0.05) is 62.7 Å². The molecule has 40 heavy (non-hydrogen) atoms. The van der Waals surface area contributed by atoms with Crippen molar-refractivity contribution in [3.8, 4) is 0 Å². The number of hydrogen-bond acceptors (Lipinski definition) is 3. The van der Waals surface area contributed by atoms with Crippen LogP contribution in [-0.2, 0) is 17.1 Å². The first-order valence-corrected chi connectivity index (χ1v) is 13.2. The Labute approximate surface area is 226 Å². The van der Waals surface area contributed by atoms with Gasteiger partial charge in [-0.1, -0.05) is 12.1 Å². The van der Waals surface area contributed by atoms with E-state index >= 15 is 0 Å². The van der Waals surface area contributed by atoms with Crippen molar-refractivity contribution in [3.05, 3.63) is 70.5 Å². The van der Waals surface area contributed by atoms with Gasteiger partial charge in [-0.2, -0.15) is 26.3 Å². The monoisotopic (exact) mass is 571 g/mol. The van der Waals surface area contributed by atoms with Crippen molar-refractivity contribution in [1.29, 1.82) is 0 Å². The Morgan fingerprint density at radius 2 is 1.30 bits per heavy atom. The van der Waals surface area contributed by atoms with Gasteiger partial charge in [-0.3, -0.25) is 14.5 Å². The van der Waals surface area contributed by atoms with E-state index < -0.39 is 40.8 Å². The van der Waals surface area contributed by atoms with Gasteiger partial charge in [-0.15, -0.1) is 0 Å². The molecule has 0 spiro atoms. The number of nitrogens with zero attached hydrogens (tertiary/aromatic N) is 3. The number of likely N-dealkylation sites (tertiary alicyclic amines) is 1. The molecule has 5 rings (SSSR count). The molecule has 216 valence electrons. The third kappa shape index (κ3) is 6.11. The maximum atomic E-state index is 13.7. The maximum Gasteiger partial charge on any atom is 0.416 e. The second-order valence-electron chi connectivity index (χ2n) is 10.7. The van der Waals surface area contributed by atoms with Crippen molar-refractivity contribution >= 4 is 11.8 Å². The normalized spacial score (nSPS) is 22.9. The van der Waals surface area contributed by atoms with Crippen molar-refractivity contribution in [1.82, 2.24) is 14.7 Å². The standard InChI is InChI=1S/C28H28F7N3O2/c29-22-5-3-17(4-6-22)23-16-38(8-7-24(23)36-9-11-37(12-10-36)25(39)18-1-2-18)26(40)19-13-20(27(30,31)32)15-21(14-19)28(33,34)35/h3-6,13-15,18,23-24H,1-2,7-12,16H2/t23-,24-/m0/s1. The fraction of sp³-hybridized carbons (Fsp3) is 0.500. The molecule has 2 aromatic rings. The molecule has 1 saturated carbocycles. The van der Waals surface area contributed by atoms with E-state index in [2.05, 4.69) is 4.90 Å². The number of piperazine rings is 1. The van der Waals surface area contributed by atoms with E-state index in [-0.39, 0.29) is 42.9 Å². The van der Waals surface area contributed by atoms with Gasteiger partial charge >= 0.3 is 12.4 Å². The lowest BCUT2D eigenvalue weighted by Gasteiger charge is -2.47. The summed E-state index contributed by atoms with van der Waals surface area (Å²) in [6.07, 6.45) is -7.90. The van der Waals surface area contributed by atoms with Gasteiger partial charge in [0.25, 0.3) is 5.91 Å². The lowest BCUT2D eigenvalue weighted by Crippen LogP contribution is -2.57. The highest BCUT2D eigenvalue weighted by Gasteiger charge is 2.41. The molecule has 2 saturated heterocycles. The van der Waals surface area contributed by atoms with Crippen LogP contribution in [0.5, 0.6) is 0 Å². The van der Waals surface area contributed by atoms with Crippen LogP contribution in [0, 0.1) is 11.7 Å². The van der Waals surface area contributed by atoms with Gasteiger partial charge < -0.3 is 9.80 Å². The molecule has 1 aliphatic carbocycles. The third-order valence-electron chi connectivity index (χ3n) is 8.02. The number of hydrogen-bond donors (Lipinski definition) is 0. The van der Waals surface area contributed by atoms with Crippen LogP contribution in [0.3, 0.4) is 0 Å². The van der Waals surface area contributed by atoms with Crippen LogP contribution in [0.1, 0.15) is 52.2 Å². The lowest BCUT2D eigenvalue weighted by molar-refractivity contribution is -0.143. The Balaban J connectivity index is 1.38. The molecule has 12 heteroatoms. The molecule has 3 fully saturated rings. The van der Waals surface area contributed by atoms with Crippen molar-refractivity contribution < 1.29 is 40.3 Å². The molecular formula is C28H28F7N3O2. The number of benzene rings is 2. The summed E-state index contributed by atoms with van der Waals surface area (Å²) in [5.41, 5.74) is -3.07. The van der Waals surface area contributed by atoms with Gasteiger partial charge in [0.15, 0.2) is 0 Å². The molecule has 2 amide bonds. The molecule has 0 unspecified atom stereocenters. The molecule has 0 radical (unpaired) electrons. The van der Waals surface area contributed by atoms with Crippen molar-refractivity contribution in [2.45, 2.75) is 43.6 Å². The topological polar surface area (TPSA) is 43.9 Å². The second-order valence-corrected chi connectivity index (χ2v) is 10.7. The molecule has 2 heterocycles. The average Bonchev–Trinajstić information content (AvgIpc) is 3.77. The zero-order valence-corrected chi connectivity index (χ0v) is 21.4. The minimum absolute atomic E-state index is 0.00204. The average molecular weight is 572 g/mol. The number of carbonyl (C=O) groups is 2. The lowest BCUT2D eigenvalue weighted by atomic mass is 9.84. The van der Waals surface area contributed by atoms with Crippen LogP contribution in [0.4, 0.5) is 30.7 Å². The largest absolute Gasteiger partial charge is 0.416 e. The van der Waals surface area contributed by atoms with Crippen LogP contribution < -0.4 is 0 Å². The minimum atomic E-state index is -5.07. The first-order valence-electron chi connectivity index (χ1n) is 13.2. The van der Waals surface area contributed by atoms with E-state index in [0.29, 0.717) is 50.3 Å². The number of alkyl halides is 6. The van der Waals surface area contributed by atoms with E-state index in [0.717, 1.165) is 12.8 Å². The van der Waals surface area contributed by atoms with E-state index in [1.807, 2.05) is 4.90 Å². The summed E-state index contributed by atoms with van der Waals surface area (Å²) < 4.78 is 94.0. The highest BCUT2D eigenvalue weighted by Crippen LogP contribution is 2.38. The van der Waals surface area contributed by atoms with Gasteiger partial charge in [0.2, 0.25) is 5.91 Å². The molecular weight excluding hydrogens is 543 g/mol. The van der Waals surface area contributed by atoms with Crippen LogP contribution >= 0.6 is 0 Å². The zero-order valence-electron chi connectivity index (χ0n) is 21.4. The third-order valence-corrected chi connectivity index (χ3v) is 8.02. The van der Waals surface area contributed by atoms with E-state index in [1.54, 1.807) is 12.1 Å². The van der Waals surface area contributed by atoms with Gasteiger partial charge in [0.05, 0.1) is 11.1 Å². The minimum Gasteiger partial charge on any atom is -0.340 e. The smallest absolute Gasteiger partial charge is 0.340 e. The second kappa shape index (κ2) is 10.7. The maximum absolute atomic E-state index is 13.7. The van der Waals surface area contributed by atoms with Crippen LogP contribution in [0.2, 0.25) is 0 Å². The first-order chi connectivity index (χ1) is 18.8. The fourth-order valence-corrected chi connectivity index (χ4v) is 5.72. The van der Waals surface area contributed by atoms with Crippen LogP contribution in [-0.4, -0.2) is 71.8 Å². The van der Waals surface area contributed by atoms with Crippen LogP contribution in [0.25, 0.3) is 0 Å². The number of rotatable bonds is 4. The Kier molecular flexibility index (Phi) is 7.58. The summed E-state index contributed by atoms with van der Waals surface area (Å²) in [7, 11) is 0. The molecule has 5 nitrogen and oxygen atoms in total. The number of piperidine rings is 1. The van der Waals surface area contributed by atoms with Crippen molar-refractivity contribution in [2.75, 3.05) is 39.3 Å². The van der Waals surface area contributed by atoms with Crippen molar-refractivity contribution in [3.63, 3.8) is 0 Å². The zero-order chi connectivity index (χ0) is 28.8. The molecule has 2 aliphatic heterocycles. The molecule has 3 aliphatic rings. The molecule has 2 aromatic carbocycles. The summed E-state index contributed by atoms with van der Waals surface area (Å²) in [4.78, 5) is 31.1. The fourth-order valence-electron chi connectivity index (χ4n) is 5.72. The van der Waals surface area contributed by atoms with Gasteiger partial charge in [-0.05, 0) is 55.2 Å². The predicted molar refractivity (Wildman–Crippen MR) is 131 cm³/mol. The quantitative estimate of drug-likeness (QED) is 0.461. The summed E-state index contributed by atoms with van der Waals surface area (Å²) in [6, 6.07) is 6.51. The summed E-state index contributed by atoms with van der Waals surface area (Å²) in [6.45, 7) is 2.45. The van der Waals surface area contributed by atoms with Gasteiger partial charge in [0.1, 0.15) is 5.82 Å². The summed E-state index contributed by atoms with van der Waals surface area (Å²) in [5, 5.41) is 0. The molecule has 0 aromatic heterocycles. The van der Waals surface area contributed by atoms with Crippen molar-refractivity contribution in [2.24, 2.45) is 5.92 Å². The SMILES string of the molecule is O=C(c1cc(C(F)(F)F)cc(C(F)(F)F)c1)N1CC[C@H](N2CCN(C(=O)C3CC3)CC2)[C@H](c2ccc(F)cc2)C1. The van der Waals surface area contributed by atoms with E-state index in [1.165, 1.54) is 17.0 Å². The molecule has 0 bridgehead atoms. The Morgan fingerprint density at radius 1 is 0.725 bits per heavy atom. The molecule has 0 N–H and O–H groups in total. The summed E-state index contributed by atoms with van der Waals surface area (Å²) >= 11 is 0. The molecule has 2 atom stereocenters. The number of carbonyl (C=O) groups excluding carboxylic acids is 2. The first kappa shape index (κ1) is 28.4. The Morgan fingerprint density at radius 3 is 1.82 bits per heavy atom. The Bertz CT molecular complexity index is 1220. The number of halogens is 7.